The van der Waals surface area contributed by atoms with Crippen LogP contribution in [-0.2, 0) is 17.1 Å². The minimum Gasteiger partial charge on any atom is -0.329 e. The molecule has 0 aliphatic carbocycles. The Morgan fingerprint density at radius 2 is 2.04 bits per heavy atom. The van der Waals surface area contributed by atoms with Crippen LogP contribution in [0.5, 0.6) is 0 Å². The van der Waals surface area contributed by atoms with Crippen LogP contribution in [0.15, 0.2) is 46.7 Å². The minimum absolute atomic E-state index is 0.132. The van der Waals surface area contributed by atoms with Crippen molar-refractivity contribution in [1.29, 1.82) is 0 Å². The van der Waals surface area contributed by atoms with Gasteiger partial charge in [-0.05, 0) is 37.8 Å². The van der Waals surface area contributed by atoms with Gasteiger partial charge in [-0.1, -0.05) is 23.9 Å². The Bertz CT molecular complexity index is 885. The van der Waals surface area contributed by atoms with Crippen LogP contribution < -0.4 is 0 Å². The van der Waals surface area contributed by atoms with Gasteiger partial charge in [0.1, 0.15) is 0 Å². The van der Waals surface area contributed by atoms with E-state index in [1.54, 1.807) is 36.2 Å². The average Bonchev–Trinajstić information content (AvgIpc) is 3.05. The summed E-state index contributed by atoms with van der Waals surface area (Å²) >= 11 is 1.72. The number of Topliss-reactive ketones (excluding diaryl/α,β-unsaturated/α-hetero) is 1. The molecule has 2 aromatic rings. The lowest BCUT2D eigenvalue weighted by atomic mass is 10.0. The van der Waals surface area contributed by atoms with Crippen LogP contribution >= 0.6 is 11.8 Å². The summed E-state index contributed by atoms with van der Waals surface area (Å²) in [6.45, 7) is 2.47. The molecule has 3 rings (SSSR count). The number of hydrogen-bond donors (Lipinski definition) is 0. The van der Waals surface area contributed by atoms with Crippen molar-refractivity contribution in [3.05, 3.63) is 42.2 Å². The maximum atomic E-state index is 12.9. The number of thioether (sulfide) groups is 1. The van der Waals surface area contributed by atoms with Gasteiger partial charge in [0.05, 0.1) is 4.90 Å². The molecule has 0 amide bonds. The van der Waals surface area contributed by atoms with Gasteiger partial charge in [0.25, 0.3) is 0 Å². The second kappa shape index (κ2) is 7.94. The van der Waals surface area contributed by atoms with E-state index in [9.17, 15) is 13.2 Å². The third-order valence-corrected chi connectivity index (χ3v) is 7.86. The van der Waals surface area contributed by atoms with Crippen LogP contribution in [0.2, 0.25) is 0 Å². The van der Waals surface area contributed by atoms with E-state index in [1.807, 2.05) is 17.8 Å². The van der Waals surface area contributed by atoms with E-state index < -0.39 is 10.0 Å². The van der Waals surface area contributed by atoms with Crippen molar-refractivity contribution >= 4 is 27.6 Å². The number of aryl methyl sites for hydroxylation is 1. The molecule has 0 atom stereocenters. The first-order valence-electron chi connectivity index (χ1n) is 8.59. The summed E-state index contributed by atoms with van der Waals surface area (Å²) in [5.41, 5.74) is 0.424. The number of rotatable bonds is 6. The molecule has 0 unspecified atom stereocenters. The molecule has 6 nitrogen and oxygen atoms in total. The van der Waals surface area contributed by atoms with Gasteiger partial charge in [0, 0.05) is 43.8 Å². The smallest absolute Gasteiger partial charge is 0.243 e. The molecule has 0 spiro atoms. The van der Waals surface area contributed by atoms with Crippen LogP contribution in [-0.4, -0.2) is 46.9 Å². The zero-order valence-corrected chi connectivity index (χ0v) is 16.6. The lowest BCUT2D eigenvalue weighted by Gasteiger charge is -2.31. The highest BCUT2D eigenvalue weighted by Crippen LogP contribution is 2.28. The normalized spacial score (nSPS) is 16.7. The summed E-state index contributed by atoms with van der Waals surface area (Å²) in [6, 6.07) is 6.30. The molecule has 0 radical (unpaired) electrons. The second-order valence-electron chi connectivity index (χ2n) is 6.56. The van der Waals surface area contributed by atoms with Crippen LogP contribution in [0, 0.1) is 5.92 Å². The van der Waals surface area contributed by atoms with E-state index >= 15 is 0 Å². The maximum Gasteiger partial charge on any atom is 0.243 e. The number of imidazole rings is 1. The van der Waals surface area contributed by atoms with Crippen molar-refractivity contribution in [1.82, 2.24) is 13.9 Å². The number of ketones is 1. The molecular weight excluding hydrogens is 370 g/mol. The highest BCUT2D eigenvalue weighted by atomic mass is 32.2. The fourth-order valence-electron chi connectivity index (χ4n) is 3.02. The molecule has 1 fully saturated rings. The zero-order valence-electron chi connectivity index (χ0n) is 15.0. The molecule has 1 aromatic carbocycles. The molecule has 0 saturated carbocycles. The molecule has 1 aliphatic heterocycles. The Morgan fingerprint density at radius 1 is 1.31 bits per heavy atom. The van der Waals surface area contributed by atoms with Gasteiger partial charge in [-0.15, -0.1) is 0 Å². The summed E-state index contributed by atoms with van der Waals surface area (Å²) in [5.74, 6) is 1.29. The summed E-state index contributed by atoms with van der Waals surface area (Å²) in [4.78, 5) is 16.0. The predicted octanol–water partition coefficient (Wildman–Crippen LogP) is 2.82. The number of nitrogens with zero attached hydrogens (tertiary/aromatic N) is 3. The third kappa shape index (κ3) is 4.19. The number of aromatic nitrogens is 2. The Kier molecular flexibility index (Phi) is 5.84. The maximum absolute atomic E-state index is 12.9. The number of sulfonamides is 1. The van der Waals surface area contributed by atoms with Crippen molar-refractivity contribution in [3.63, 3.8) is 0 Å². The number of carbonyl (C=O) groups is 1. The Labute approximate surface area is 158 Å². The largest absolute Gasteiger partial charge is 0.329 e. The molecule has 1 saturated heterocycles. The van der Waals surface area contributed by atoms with Crippen molar-refractivity contribution in [2.24, 2.45) is 13.0 Å². The second-order valence-corrected chi connectivity index (χ2v) is 9.49. The van der Waals surface area contributed by atoms with Crippen molar-refractivity contribution in [2.45, 2.75) is 29.8 Å². The van der Waals surface area contributed by atoms with Crippen LogP contribution in [0.3, 0.4) is 0 Å². The number of piperidine rings is 1. The monoisotopic (exact) mass is 393 g/mol. The van der Waals surface area contributed by atoms with E-state index in [2.05, 4.69) is 4.98 Å². The van der Waals surface area contributed by atoms with Gasteiger partial charge >= 0.3 is 0 Å². The molecule has 2 heterocycles. The summed E-state index contributed by atoms with van der Waals surface area (Å²) in [7, 11) is -1.58. The van der Waals surface area contributed by atoms with Crippen LogP contribution in [0.4, 0.5) is 0 Å². The molecule has 0 N–H and O–H groups in total. The van der Waals surface area contributed by atoms with Crippen LogP contribution in [0.25, 0.3) is 0 Å². The lowest BCUT2D eigenvalue weighted by molar-refractivity contribution is 0.101. The summed E-state index contributed by atoms with van der Waals surface area (Å²) in [5, 5.41) is 0.987. The highest BCUT2D eigenvalue weighted by Gasteiger charge is 2.29. The Hall–Kier alpha value is -1.64. The van der Waals surface area contributed by atoms with E-state index in [1.165, 1.54) is 17.3 Å². The fourth-order valence-corrected chi connectivity index (χ4v) is 5.66. The van der Waals surface area contributed by atoms with Crippen LogP contribution in [0.1, 0.15) is 30.1 Å². The van der Waals surface area contributed by atoms with Gasteiger partial charge in [0.15, 0.2) is 10.9 Å². The van der Waals surface area contributed by atoms with Crippen molar-refractivity contribution < 1.29 is 13.2 Å². The molecule has 140 valence electrons. The minimum atomic E-state index is -3.55. The van der Waals surface area contributed by atoms with E-state index in [0.29, 0.717) is 24.6 Å². The molecule has 1 aliphatic rings. The van der Waals surface area contributed by atoms with Gasteiger partial charge < -0.3 is 4.57 Å². The first-order chi connectivity index (χ1) is 12.4. The number of benzene rings is 1. The molecular formula is C18H23N3O3S2. The van der Waals surface area contributed by atoms with Gasteiger partial charge in [0.2, 0.25) is 10.0 Å². The van der Waals surface area contributed by atoms with E-state index in [4.69, 9.17) is 0 Å². The molecule has 0 bridgehead atoms. The zero-order chi connectivity index (χ0) is 18.7. The summed E-state index contributed by atoms with van der Waals surface area (Å²) in [6.07, 6.45) is 5.38. The van der Waals surface area contributed by atoms with Gasteiger partial charge in [-0.3, -0.25) is 4.79 Å². The molecule has 1 aromatic heterocycles. The van der Waals surface area contributed by atoms with Gasteiger partial charge in [-0.2, -0.15) is 4.31 Å². The summed E-state index contributed by atoms with van der Waals surface area (Å²) < 4.78 is 29.2. The Balaban J connectivity index is 1.61. The van der Waals surface area contributed by atoms with E-state index in [-0.39, 0.29) is 10.7 Å². The van der Waals surface area contributed by atoms with E-state index in [0.717, 1.165) is 23.8 Å². The quantitative estimate of drug-likeness (QED) is 0.557. The Morgan fingerprint density at radius 3 is 2.65 bits per heavy atom. The molecule has 26 heavy (non-hydrogen) atoms. The average molecular weight is 394 g/mol. The number of hydrogen-bond acceptors (Lipinski definition) is 5. The highest BCUT2D eigenvalue weighted by molar-refractivity contribution is 7.99. The van der Waals surface area contributed by atoms with Crippen molar-refractivity contribution in [3.8, 4) is 0 Å². The predicted molar refractivity (Wildman–Crippen MR) is 102 cm³/mol. The lowest BCUT2D eigenvalue weighted by Crippen LogP contribution is -2.39. The number of carbonyl (C=O) groups excluding carboxylic acids is 1. The van der Waals surface area contributed by atoms with Gasteiger partial charge in [-0.25, -0.2) is 13.4 Å². The standard InChI is InChI=1S/C18H23N3O3S2/c1-14(22)16-4-3-5-17(12-16)26(23,24)21-9-6-15(7-10-21)13-25-18-19-8-11-20(18)2/h3-5,8,11-12,15H,6-7,9-10,13H2,1-2H3. The SMILES string of the molecule is CC(=O)c1cccc(S(=O)(=O)N2CCC(CSc3nccn3C)CC2)c1. The fraction of sp³-hybridized carbons (Fsp3) is 0.444. The van der Waals surface area contributed by atoms with Crippen molar-refractivity contribution in [2.75, 3.05) is 18.8 Å². The first kappa shape index (κ1) is 19.1. The first-order valence-corrected chi connectivity index (χ1v) is 11.0. The molecule has 8 heteroatoms. The topological polar surface area (TPSA) is 72.3 Å². The third-order valence-electron chi connectivity index (χ3n) is 4.68.